The summed E-state index contributed by atoms with van der Waals surface area (Å²) >= 11 is 6.68. The summed E-state index contributed by atoms with van der Waals surface area (Å²) in [6, 6.07) is 11.5. The molecule has 3 heterocycles. The van der Waals surface area contributed by atoms with E-state index in [0.717, 1.165) is 54.4 Å². The second kappa shape index (κ2) is 14.1. The van der Waals surface area contributed by atoms with Gasteiger partial charge < -0.3 is 40.2 Å². The number of aryl methyl sites for hydroxylation is 1. The molecule has 0 saturated carbocycles. The zero-order valence-corrected chi connectivity index (χ0v) is 26.5. The van der Waals surface area contributed by atoms with E-state index in [2.05, 4.69) is 37.2 Å². The Morgan fingerprint density at radius 1 is 1.20 bits per heavy atom. The van der Waals surface area contributed by atoms with Crippen LogP contribution in [0.3, 0.4) is 0 Å². The minimum absolute atomic E-state index is 0.0790. The fraction of sp³-hybridized carbons (Fsp3) is 0.469. The third kappa shape index (κ3) is 7.31. The lowest BCUT2D eigenvalue weighted by Gasteiger charge is -2.33. The Morgan fingerprint density at radius 3 is 2.80 bits per heavy atom. The molecule has 0 saturated heterocycles. The van der Waals surface area contributed by atoms with Gasteiger partial charge in [0.1, 0.15) is 17.3 Å². The number of benzene rings is 2. The molecule has 0 fully saturated rings. The fourth-order valence-electron chi connectivity index (χ4n) is 5.66. The summed E-state index contributed by atoms with van der Waals surface area (Å²) in [5, 5.41) is 23.9. The molecule has 0 bridgehead atoms. The molecule has 0 spiro atoms. The van der Waals surface area contributed by atoms with Crippen LogP contribution in [0.15, 0.2) is 36.7 Å². The molecule has 12 heteroatoms. The standard InChI is InChI=1S/C32H41ClN8O3/c1-5-43-29-14-25-23(13-26(29)39-30(42)7-6-10-40(2)3)31(21(15-34)17-35-25)38-22-8-9-28(24(33)12-22)44-18-20-11-27-32(36-16-20)41(4)19-37-27/h8-9,12-14,19-21,31,35-36,38H,5-7,10-11,16-18H2,1-4H3,(H,39,42). The van der Waals surface area contributed by atoms with Crippen LogP contribution in [0.2, 0.25) is 5.02 Å². The first-order valence-electron chi connectivity index (χ1n) is 15.1. The topological polar surface area (TPSA) is 128 Å². The number of nitriles is 1. The molecule has 1 aromatic heterocycles. The normalized spacial score (nSPS) is 18.7. The van der Waals surface area contributed by atoms with Crippen molar-refractivity contribution in [2.45, 2.75) is 32.2 Å². The third-order valence-corrected chi connectivity index (χ3v) is 8.23. The average molecular weight is 621 g/mol. The Hall–Kier alpha value is -4.14. The van der Waals surface area contributed by atoms with Gasteiger partial charge in [0.15, 0.2) is 0 Å². The van der Waals surface area contributed by atoms with E-state index in [-0.39, 0.29) is 23.8 Å². The molecule has 44 heavy (non-hydrogen) atoms. The molecule has 234 valence electrons. The number of nitrogens with one attached hydrogen (secondary N) is 4. The number of carbonyl (C=O) groups excluding carboxylic acids is 1. The second-order valence-electron chi connectivity index (χ2n) is 11.6. The Balaban J connectivity index is 1.30. The molecule has 3 atom stereocenters. The number of rotatable bonds is 12. The van der Waals surface area contributed by atoms with Gasteiger partial charge in [-0.1, -0.05) is 11.6 Å². The lowest BCUT2D eigenvalue weighted by atomic mass is 9.88. The van der Waals surface area contributed by atoms with Gasteiger partial charge in [0.2, 0.25) is 5.91 Å². The first-order valence-corrected chi connectivity index (χ1v) is 15.4. The van der Waals surface area contributed by atoms with Gasteiger partial charge in [0.25, 0.3) is 0 Å². The van der Waals surface area contributed by atoms with Gasteiger partial charge in [-0.2, -0.15) is 5.26 Å². The Bertz CT molecular complexity index is 1520. The highest BCUT2D eigenvalue weighted by Crippen LogP contribution is 2.42. The van der Waals surface area contributed by atoms with Gasteiger partial charge in [-0.05, 0) is 58.3 Å². The maximum Gasteiger partial charge on any atom is 0.224 e. The van der Waals surface area contributed by atoms with Gasteiger partial charge in [-0.3, -0.25) is 4.79 Å². The molecule has 2 aliphatic rings. The van der Waals surface area contributed by atoms with E-state index in [9.17, 15) is 10.1 Å². The number of aromatic nitrogens is 2. The Kier molecular flexibility index (Phi) is 10.0. The second-order valence-corrected chi connectivity index (χ2v) is 12.0. The summed E-state index contributed by atoms with van der Waals surface area (Å²) in [4.78, 5) is 19.3. The zero-order valence-electron chi connectivity index (χ0n) is 25.7. The smallest absolute Gasteiger partial charge is 0.224 e. The Labute approximate surface area is 263 Å². The van der Waals surface area contributed by atoms with E-state index in [1.165, 1.54) is 0 Å². The van der Waals surface area contributed by atoms with Crippen molar-refractivity contribution < 1.29 is 14.3 Å². The van der Waals surface area contributed by atoms with E-state index in [1.54, 1.807) is 0 Å². The number of imidazole rings is 1. The first-order chi connectivity index (χ1) is 21.2. The number of fused-ring (bicyclic) bond motifs is 2. The van der Waals surface area contributed by atoms with E-state index >= 15 is 0 Å². The monoisotopic (exact) mass is 620 g/mol. The summed E-state index contributed by atoms with van der Waals surface area (Å²) in [6.45, 7) is 4.97. The highest BCUT2D eigenvalue weighted by atomic mass is 35.5. The summed E-state index contributed by atoms with van der Waals surface area (Å²) in [7, 11) is 5.96. The summed E-state index contributed by atoms with van der Waals surface area (Å²) in [6.07, 6.45) is 3.81. The minimum Gasteiger partial charge on any atom is -0.492 e. The van der Waals surface area contributed by atoms with Crippen molar-refractivity contribution in [2.75, 3.05) is 68.2 Å². The van der Waals surface area contributed by atoms with Gasteiger partial charge >= 0.3 is 0 Å². The average Bonchev–Trinajstić information content (AvgIpc) is 3.37. The van der Waals surface area contributed by atoms with Crippen molar-refractivity contribution in [3.8, 4) is 17.6 Å². The van der Waals surface area contributed by atoms with Gasteiger partial charge in [0.05, 0.1) is 54.0 Å². The number of amides is 1. The van der Waals surface area contributed by atoms with Crippen molar-refractivity contribution in [3.05, 3.63) is 52.9 Å². The van der Waals surface area contributed by atoms with Gasteiger partial charge in [-0.15, -0.1) is 0 Å². The maximum atomic E-state index is 12.8. The molecule has 2 aliphatic heterocycles. The number of hydrogen-bond acceptors (Lipinski definition) is 9. The van der Waals surface area contributed by atoms with Crippen LogP contribution in [-0.4, -0.2) is 67.3 Å². The number of ether oxygens (including phenoxy) is 2. The number of nitrogens with zero attached hydrogens (tertiary/aromatic N) is 4. The minimum atomic E-state index is -0.367. The number of carbonyl (C=O) groups is 1. The van der Waals surface area contributed by atoms with Crippen LogP contribution in [0.5, 0.6) is 11.5 Å². The van der Waals surface area contributed by atoms with Crippen LogP contribution in [0.1, 0.15) is 37.1 Å². The Morgan fingerprint density at radius 2 is 2.05 bits per heavy atom. The molecule has 4 N–H and O–H groups in total. The molecular formula is C32H41ClN8O3. The largest absolute Gasteiger partial charge is 0.492 e. The van der Waals surface area contributed by atoms with Crippen molar-refractivity contribution in [1.82, 2.24) is 14.5 Å². The number of halogens is 1. The summed E-state index contributed by atoms with van der Waals surface area (Å²) < 4.78 is 14.0. The molecule has 0 radical (unpaired) electrons. The van der Waals surface area contributed by atoms with E-state index in [4.69, 9.17) is 21.1 Å². The lowest BCUT2D eigenvalue weighted by molar-refractivity contribution is -0.116. The highest BCUT2D eigenvalue weighted by Gasteiger charge is 2.31. The molecule has 11 nitrogen and oxygen atoms in total. The predicted octanol–water partition coefficient (Wildman–Crippen LogP) is 5.13. The molecule has 0 aliphatic carbocycles. The highest BCUT2D eigenvalue weighted by molar-refractivity contribution is 6.32. The summed E-state index contributed by atoms with van der Waals surface area (Å²) in [5.74, 6) is 2.09. The zero-order chi connectivity index (χ0) is 31.2. The van der Waals surface area contributed by atoms with Crippen LogP contribution in [-0.2, 0) is 18.3 Å². The van der Waals surface area contributed by atoms with Crippen LogP contribution < -0.4 is 30.7 Å². The van der Waals surface area contributed by atoms with Crippen LogP contribution >= 0.6 is 11.6 Å². The lowest BCUT2D eigenvalue weighted by Crippen LogP contribution is -2.31. The van der Waals surface area contributed by atoms with Crippen molar-refractivity contribution in [1.29, 1.82) is 5.26 Å². The van der Waals surface area contributed by atoms with Crippen molar-refractivity contribution >= 4 is 40.4 Å². The van der Waals surface area contributed by atoms with Crippen molar-refractivity contribution in [3.63, 3.8) is 0 Å². The third-order valence-electron chi connectivity index (χ3n) is 7.93. The molecule has 2 aromatic carbocycles. The molecule has 3 unspecified atom stereocenters. The molecular weight excluding hydrogens is 580 g/mol. The number of anilines is 4. The van der Waals surface area contributed by atoms with Crippen molar-refractivity contribution in [2.24, 2.45) is 18.9 Å². The maximum absolute atomic E-state index is 12.8. The molecule has 5 rings (SSSR count). The first kappa shape index (κ1) is 31.3. The van der Waals surface area contributed by atoms with Crippen LogP contribution in [0.25, 0.3) is 0 Å². The summed E-state index contributed by atoms with van der Waals surface area (Å²) in [5.41, 5.74) is 4.12. The van der Waals surface area contributed by atoms with E-state index in [1.807, 2.05) is 69.3 Å². The van der Waals surface area contributed by atoms with E-state index < -0.39 is 0 Å². The van der Waals surface area contributed by atoms with Crippen LogP contribution in [0.4, 0.5) is 22.9 Å². The van der Waals surface area contributed by atoms with Crippen LogP contribution in [0, 0.1) is 23.2 Å². The predicted molar refractivity (Wildman–Crippen MR) is 174 cm³/mol. The molecule has 1 amide bonds. The fourth-order valence-corrected chi connectivity index (χ4v) is 5.89. The van der Waals surface area contributed by atoms with Gasteiger partial charge in [-0.25, -0.2) is 4.98 Å². The SMILES string of the molecule is CCOc1cc2c(cc1NC(=O)CCCN(C)C)C(Nc1ccc(OCC3CNc4c(ncn4C)C3)c(Cl)c1)C(C#N)CN2. The molecule has 3 aromatic rings. The van der Waals surface area contributed by atoms with Gasteiger partial charge in [0, 0.05) is 61.9 Å². The van der Waals surface area contributed by atoms with E-state index in [0.29, 0.717) is 48.4 Å². The number of hydrogen-bond donors (Lipinski definition) is 4. The quantitative estimate of drug-likeness (QED) is 0.218.